The molecule has 18 heavy (non-hydrogen) atoms. The van der Waals surface area contributed by atoms with E-state index in [2.05, 4.69) is 5.32 Å². The third kappa shape index (κ3) is 2.69. The van der Waals surface area contributed by atoms with Crippen molar-refractivity contribution in [3.8, 4) is 0 Å². The van der Waals surface area contributed by atoms with Crippen LogP contribution in [0.1, 0.15) is 22.8 Å². The van der Waals surface area contributed by atoms with E-state index in [-0.39, 0.29) is 5.91 Å². The lowest BCUT2D eigenvalue weighted by Crippen LogP contribution is -2.12. The lowest BCUT2D eigenvalue weighted by molar-refractivity contribution is 0.102. The Balaban J connectivity index is 2.17. The summed E-state index contributed by atoms with van der Waals surface area (Å²) in [6.45, 7) is 2.04. The number of hydrogen-bond donors (Lipinski definition) is 2. The maximum absolute atomic E-state index is 12.0. The second kappa shape index (κ2) is 5.36. The summed E-state index contributed by atoms with van der Waals surface area (Å²) >= 11 is 0. The molecule has 3 nitrogen and oxygen atoms in total. The van der Waals surface area contributed by atoms with Crippen molar-refractivity contribution in [3.63, 3.8) is 0 Å². The number of rotatable bonds is 3. The Kier molecular flexibility index (Phi) is 3.63. The Morgan fingerprint density at radius 1 is 1.17 bits per heavy atom. The van der Waals surface area contributed by atoms with Crippen LogP contribution in [0.3, 0.4) is 0 Å². The van der Waals surface area contributed by atoms with Gasteiger partial charge in [-0.2, -0.15) is 0 Å². The van der Waals surface area contributed by atoms with Crippen LogP contribution in [0.25, 0.3) is 0 Å². The van der Waals surface area contributed by atoms with Crippen molar-refractivity contribution in [2.75, 3.05) is 11.1 Å². The molecule has 0 spiro atoms. The van der Waals surface area contributed by atoms with Crippen molar-refractivity contribution in [2.45, 2.75) is 13.3 Å². The summed E-state index contributed by atoms with van der Waals surface area (Å²) in [6.07, 6.45) is 0.867. The van der Waals surface area contributed by atoms with E-state index >= 15 is 0 Å². The van der Waals surface area contributed by atoms with Gasteiger partial charge in [0.15, 0.2) is 0 Å². The molecule has 0 aliphatic heterocycles. The molecule has 3 N–H and O–H groups in total. The number of nitrogens with one attached hydrogen (secondary N) is 1. The molecule has 1 amide bonds. The first-order valence-corrected chi connectivity index (χ1v) is 5.95. The highest BCUT2D eigenvalue weighted by molar-refractivity contribution is 6.04. The Labute approximate surface area is 107 Å². The monoisotopic (exact) mass is 240 g/mol. The number of carbonyl (C=O) groups is 1. The minimum absolute atomic E-state index is 0.143. The molecule has 0 atom stereocenters. The summed E-state index contributed by atoms with van der Waals surface area (Å²) in [5.74, 6) is -0.143. The van der Waals surface area contributed by atoms with E-state index in [0.29, 0.717) is 11.3 Å². The van der Waals surface area contributed by atoms with Gasteiger partial charge in [-0.15, -0.1) is 0 Å². The van der Waals surface area contributed by atoms with Crippen molar-refractivity contribution in [1.82, 2.24) is 0 Å². The van der Waals surface area contributed by atoms with Gasteiger partial charge in [-0.3, -0.25) is 4.79 Å². The molecule has 2 rings (SSSR count). The average molecular weight is 240 g/mol. The maximum Gasteiger partial charge on any atom is 0.255 e. The number of nitrogens with two attached hydrogens (primary N) is 1. The SMILES string of the molecule is CCc1ccc(C(=O)Nc2ccccc2)cc1N. The van der Waals surface area contributed by atoms with Crippen LogP contribution < -0.4 is 11.1 Å². The van der Waals surface area contributed by atoms with Gasteiger partial charge in [0.05, 0.1) is 0 Å². The largest absolute Gasteiger partial charge is 0.398 e. The first kappa shape index (κ1) is 12.2. The third-order valence-corrected chi connectivity index (χ3v) is 2.82. The quantitative estimate of drug-likeness (QED) is 0.810. The number of para-hydroxylation sites is 1. The predicted octanol–water partition coefficient (Wildman–Crippen LogP) is 3.08. The molecule has 2 aromatic carbocycles. The second-order valence-corrected chi connectivity index (χ2v) is 4.09. The van der Waals surface area contributed by atoms with E-state index in [0.717, 1.165) is 17.7 Å². The Bertz CT molecular complexity index is 550. The lowest BCUT2D eigenvalue weighted by atomic mass is 10.1. The summed E-state index contributed by atoms with van der Waals surface area (Å²) in [5, 5.41) is 2.83. The summed E-state index contributed by atoms with van der Waals surface area (Å²) in [6, 6.07) is 14.8. The van der Waals surface area contributed by atoms with Crippen LogP contribution in [0.15, 0.2) is 48.5 Å². The molecule has 0 aliphatic rings. The third-order valence-electron chi connectivity index (χ3n) is 2.82. The minimum Gasteiger partial charge on any atom is -0.398 e. The van der Waals surface area contributed by atoms with Crippen molar-refractivity contribution in [1.29, 1.82) is 0 Å². The van der Waals surface area contributed by atoms with E-state index in [1.54, 1.807) is 12.1 Å². The van der Waals surface area contributed by atoms with Crippen LogP contribution in [0.5, 0.6) is 0 Å². The number of anilines is 2. The zero-order valence-corrected chi connectivity index (χ0v) is 10.3. The highest BCUT2D eigenvalue weighted by atomic mass is 16.1. The Morgan fingerprint density at radius 3 is 2.50 bits per heavy atom. The minimum atomic E-state index is -0.143. The van der Waals surface area contributed by atoms with E-state index in [9.17, 15) is 4.79 Å². The highest BCUT2D eigenvalue weighted by Crippen LogP contribution is 2.16. The van der Waals surface area contributed by atoms with Gasteiger partial charge in [0.25, 0.3) is 5.91 Å². The number of nitrogen functional groups attached to an aromatic ring is 1. The number of aryl methyl sites for hydroxylation is 1. The molecule has 0 aliphatic carbocycles. The highest BCUT2D eigenvalue weighted by Gasteiger charge is 2.07. The zero-order chi connectivity index (χ0) is 13.0. The molecule has 0 saturated heterocycles. The first-order valence-electron chi connectivity index (χ1n) is 5.95. The van der Waals surface area contributed by atoms with E-state index in [1.165, 1.54) is 0 Å². The van der Waals surface area contributed by atoms with Gasteiger partial charge in [-0.25, -0.2) is 0 Å². The van der Waals surface area contributed by atoms with E-state index in [1.807, 2.05) is 43.3 Å². The van der Waals surface area contributed by atoms with Crippen LogP contribution in [0.4, 0.5) is 11.4 Å². The molecule has 0 unspecified atom stereocenters. The van der Waals surface area contributed by atoms with E-state index in [4.69, 9.17) is 5.73 Å². The van der Waals surface area contributed by atoms with Gasteiger partial charge >= 0.3 is 0 Å². The van der Waals surface area contributed by atoms with Crippen molar-refractivity contribution < 1.29 is 4.79 Å². The number of amides is 1. The molecule has 3 heteroatoms. The molecule has 0 saturated carbocycles. The summed E-state index contributed by atoms with van der Waals surface area (Å²) in [7, 11) is 0. The molecular formula is C15H16N2O. The Morgan fingerprint density at radius 2 is 1.89 bits per heavy atom. The summed E-state index contributed by atoms with van der Waals surface area (Å²) in [5.41, 5.74) is 8.97. The fraction of sp³-hybridized carbons (Fsp3) is 0.133. The van der Waals surface area contributed by atoms with Gasteiger partial charge in [-0.05, 0) is 36.2 Å². The van der Waals surface area contributed by atoms with Gasteiger partial charge in [0.1, 0.15) is 0 Å². The number of benzene rings is 2. The van der Waals surface area contributed by atoms with Gasteiger partial charge < -0.3 is 11.1 Å². The molecule has 0 bridgehead atoms. The fourth-order valence-electron chi connectivity index (χ4n) is 1.78. The van der Waals surface area contributed by atoms with Crippen LogP contribution in [-0.2, 0) is 6.42 Å². The summed E-state index contributed by atoms with van der Waals surface area (Å²) < 4.78 is 0. The predicted molar refractivity (Wildman–Crippen MR) is 74.6 cm³/mol. The van der Waals surface area contributed by atoms with E-state index < -0.39 is 0 Å². The average Bonchev–Trinajstić information content (AvgIpc) is 2.39. The van der Waals surface area contributed by atoms with Crippen molar-refractivity contribution in [3.05, 3.63) is 59.7 Å². The molecule has 92 valence electrons. The van der Waals surface area contributed by atoms with Gasteiger partial charge in [0, 0.05) is 16.9 Å². The fourth-order valence-corrected chi connectivity index (χ4v) is 1.78. The zero-order valence-electron chi connectivity index (χ0n) is 10.3. The molecule has 0 aromatic heterocycles. The van der Waals surface area contributed by atoms with Crippen LogP contribution in [0, 0.1) is 0 Å². The molecular weight excluding hydrogens is 224 g/mol. The second-order valence-electron chi connectivity index (χ2n) is 4.09. The molecule has 0 fully saturated rings. The Hall–Kier alpha value is -2.29. The standard InChI is InChI=1S/C15H16N2O/c1-2-11-8-9-12(10-14(11)16)15(18)17-13-6-4-3-5-7-13/h3-10H,2,16H2,1H3,(H,17,18). The first-order chi connectivity index (χ1) is 8.70. The maximum atomic E-state index is 12.0. The molecule has 0 heterocycles. The number of carbonyl (C=O) groups excluding carboxylic acids is 1. The van der Waals surface area contributed by atoms with Crippen LogP contribution >= 0.6 is 0 Å². The number of hydrogen-bond acceptors (Lipinski definition) is 2. The topological polar surface area (TPSA) is 55.1 Å². The molecule has 2 aromatic rings. The lowest BCUT2D eigenvalue weighted by Gasteiger charge is -2.08. The molecule has 0 radical (unpaired) electrons. The van der Waals surface area contributed by atoms with Crippen LogP contribution in [0.2, 0.25) is 0 Å². The van der Waals surface area contributed by atoms with Crippen molar-refractivity contribution in [2.24, 2.45) is 0 Å². The smallest absolute Gasteiger partial charge is 0.255 e. The normalized spacial score (nSPS) is 10.1. The van der Waals surface area contributed by atoms with Gasteiger partial charge in [-0.1, -0.05) is 31.2 Å². The van der Waals surface area contributed by atoms with Crippen molar-refractivity contribution >= 4 is 17.3 Å². The summed E-state index contributed by atoms with van der Waals surface area (Å²) in [4.78, 5) is 12.0. The van der Waals surface area contributed by atoms with Gasteiger partial charge in [0.2, 0.25) is 0 Å². The van der Waals surface area contributed by atoms with Crippen LogP contribution in [-0.4, -0.2) is 5.91 Å².